The number of hydrogen-bond acceptors (Lipinski definition) is 5. The van der Waals surface area contributed by atoms with Crippen molar-refractivity contribution in [3.8, 4) is 0 Å². The van der Waals surface area contributed by atoms with Crippen LogP contribution in [-0.2, 0) is 11.2 Å². The van der Waals surface area contributed by atoms with Crippen LogP contribution >= 0.6 is 0 Å². The first-order chi connectivity index (χ1) is 10.5. The van der Waals surface area contributed by atoms with Gasteiger partial charge in [-0.1, -0.05) is 0 Å². The topological polar surface area (TPSA) is 84.1 Å². The van der Waals surface area contributed by atoms with Crippen molar-refractivity contribution in [1.29, 1.82) is 0 Å². The van der Waals surface area contributed by atoms with Crippen LogP contribution < -0.4 is 11.1 Å². The van der Waals surface area contributed by atoms with E-state index in [1.165, 1.54) is 12.8 Å². The Balaban J connectivity index is 1.72. The second-order valence-electron chi connectivity index (χ2n) is 6.75. The number of carbonyl (C=O) groups excluding carboxylic acids is 1. The van der Waals surface area contributed by atoms with E-state index in [9.17, 15) is 4.79 Å². The smallest absolute Gasteiger partial charge is 0.227 e. The Bertz CT molecular complexity index is 557. The number of nitrogens with two attached hydrogens (primary N) is 1. The highest BCUT2D eigenvalue weighted by Gasteiger charge is 2.39. The van der Waals surface area contributed by atoms with Crippen molar-refractivity contribution in [2.45, 2.75) is 39.5 Å². The van der Waals surface area contributed by atoms with Gasteiger partial charge in [-0.3, -0.25) is 4.79 Å². The van der Waals surface area contributed by atoms with E-state index in [2.05, 4.69) is 15.3 Å². The molecule has 3 rings (SSSR count). The predicted octanol–water partition coefficient (Wildman–Crippen LogP) is 0.820. The van der Waals surface area contributed by atoms with Gasteiger partial charge >= 0.3 is 0 Å². The molecule has 1 aromatic rings. The molecule has 1 amide bonds. The highest BCUT2D eigenvalue weighted by atomic mass is 16.2. The summed E-state index contributed by atoms with van der Waals surface area (Å²) >= 11 is 0. The SMILES string of the molecule is Cc1nc(N)nc(C)c1CC(=O)N1CCCC2(CCNC2)C1. The number of nitrogens with zero attached hydrogens (tertiary/aromatic N) is 3. The van der Waals surface area contributed by atoms with E-state index in [4.69, 9.17) is 5.73 Å². The summed E-state index contributed by atoms with van der Waals surface area (Å²) in [7, 11) is 0. The highest BCUT2D eigenvalue weighted by Crippen LogP contribution is 2.35. The summed E-state index contributed by atoms with van der Waals surface area (Å²) in [6.45, 7) is 7.66. The van der Waals surface area contributed by atoms with Crippen LogP contribution in [0.1, 0.15) is 36.2 Å². The van der Waals surface area contributed by atoms with Gasteiger partial charge in [0.25, 0.3) is 0 Å². The molecule has 1 unspecified atom stereocenters. The molecule has 3 N–H and O–H groups in total. The Morgan fingerprint density at radius 3 is 2.68 bits per heavy atom. The number of rotatable bonds is 2. The minimum Gasteiger partial charge on any atom is -0.368 e. The minimum atomic E-state index is 0.186. The van der Waals surface area contributed by atoms with Crippen molar-refractivity contribution in [2.24, 2.45) is 5.41 Å². The van der Waals surface area contributed by atoms with Crippen molar-refractivity contribution in [2.75, 3.05) is 31.9 Å². The van der Waals surface area contributed by atoms with Crippen LogP contribution in [0.15, 0.2) is 0 Å². The maximum atomic E-state index is 12.7. The van der Waals surface area contributed by atoms with E-state index in [-0.39, 0.29) is 11.9 Å². The Morgan fingerprint density at radius 2 is 2.05 bits per heavy atom. The zero-order chi connectivity index (χ0) is 15.7. The molecule has 6 nitrogen and oxygen atoms in total. The highest BCUT2D eigenvalue weighted by molar-refractivity contribution is 5.79. The van der Waals surface area contributed by atoms with Crippen molar-refractivity contribution >= 4 is 11.9 Å². The normalized spacial score (nSPS) is 24.9. The third kappa shape index (κ3) is 2.92. The van der Waals surface area contributed by atoms with E-state index in [1.54, 1.807) is 0 Å². The largest absolute Gasteiger partial charge is 0.368 e. The van der Waals surface area contributed by atoms with E-state index in [1.807, 2.05) is 18.7 Å². The molecule has 3 heterocycles. The third-order valence-electron chi connectivity index (χ3n) is 5.11. The molecule has 0 saturated carbocycles. The minimum absolute atomic E-state index is 0.186. The van der Waals surface area contributed by atoms with Crippen molar-refractivity contribution in [1.82, 2.24) is 20.2 Å². The number of nitrogens with one attached hydrogen (secondary N) is 1. The fourth-order valence-electron chi connectivity index (χ4n) is 3.85. The van der Waals surface area contributed by atoms with Crippen molar-refractivity contribution < 1.29 is 4.79 Å². The maximum absolute atomic E-state index is 12.7. The summed E-state index contributed by atoms with van der Waals surface area (Å²) in [5.74, 6) is 0.464. The molecule has 1 atom stereocenters. The summed E-state index contributed by atoms with van der Waals surface area (Å²) in [6, 6.07) is 0. The van der Waals surface area contributed by atoms with Gasteiger partial charge in [0.05, 0.1) is 6.42 Å². The Hall–Kier alpha value is -1.69. The van der Waals surface area contributed by atoms with E-state index in [0.29, 0.717) is 11.8 Å². The number of likely N-dealkylation sites (tertiary alicyclic amines) is 1. The zero-order valence-corrected chi connectivity index (χ0v) is 13.5. The number of amides is 1. The van der Waals surface area contributed by atoms with Gasteiger partial charge in [0.2, 0.25) is 11.9 Å². The summed E-state index contributed by atoms with van der Waals surface area (Å²) < 4.78 is 0. The lowest BCUT2D eigenvalue weighted by Crippen LogP contribution is -2.47. The molecule has 2 aliphatic rings. The van der Waals surface area contributed by atoms with E-state index >= 15 is 0 Å². The molecule has 1 aromatic heterocycles. The zero-order valence-electron chi connectivity index (χ0n) is 13.5. The van der Waals surface area contributed by atoms with Crippen LogP contribution in [0.5, 0.6) is 0 Å². The van der Waals surface area contributed by atoms with Gasteiger partial charge < -0.3 is 16.0 Å². The molecular weight excluding hydrogens is 278 g/mol. The standard InChI is InChI=1S/C16H25N5O/c1-11-13(12(2)20-15(17)19-11)8-14(22)21-7-3-4-16(10-21)5-6-18-9-16/h18H,3-10H2,1-2H3,(H2,17,19,20). The van der Waals surface area contributed by atoms with Crippen LogP contribution in [0, 0.1) is 19.3 Å². The molecule has 0 aromatic carbocycles. The molecule has 6 heteroatoms. The molecule has 120 valence electrons. The van der Waals surface area contributed by atoms with Crippen LogP contribution in [0.25, 0.3) is 0 Å². The molecule has 2 fully saturated rings. The first kappa shape index (κ1) is 15.2. The maximum Gasteiger partial charge on any atom is 0.227 e. The Morgan fingerprint density at radius 1 is 1.32 bits per heavy atom. The second kappa shape index (κ2) is 5.83. The fourth-order valence-corrected chi connectivity index (χ4v) is 3.85. The summed E-state index contributed by atoms with van der Waals surface area (Å²) in [6.07, 6.45) is 3.89. The summed E-state index contributed by atoms with van der Waals surface area (Å²) in [5, 5.41) is 3.44. The number of nitrogen functional groups attached to an aromatic ring is 1. The molecule has 0 radical (unpaired) electrons. The molecule has 0 aliphatic carbocycles. The van der Waals surface area contributed by atoms with Gasteiger partial charge in [-0.25, -0.2) is 9.97 Å². The number of hydrogen-bond donors (Lipinski definition) is 2. The van der Waals surface area contributed by atoms with Gasteiger partial charge in [-0.15, -0.1) is 0 Å². The van der Waals surface area contributed by atoms with Gasteiger partial charge in [0, 0.05) is 42.0 Å². The summed E-state index contributed by atoms with van der Waals surface area (Å²) in [5.41, 5.74) is 8.50. The summed E-state index contributed by atoms with van der Waals surface area (Å²) in [4.78, 5) is 23.1. The number of aromatic nitrogens is 2. The van der Waals surface area contributed by atoms with Gasteiger partial charge in [-0.2, -0.15) is 0 Å². The van der Waals surface area contributed by atoms with Crippen LogP contribution in [0.3, 0.4) is 0 Å². The number of anilines is 1. The average Bonchev–Trinajstić information content (AvgIpc) is 2.90. The van der Waals surface area contributed by atoms with Crippen LogP contribution in [-0.4, -0.2) is 47.0 Å². The first-order valence-corrected chi connectivity index (χ1v) is 8.07. The molecule has 22 heavy (non-hydrogen) atoms. The molecule has 0 bridgehead atoms. The molecule has 2 saturated heterocycles. The lowest BCUT2D eigenvalue weighted by Gasteiger charge is -2.40. The van der Waals surface area contributed by atoms with Crippen LogP contribution in [0.2, 0.25) is 0 Å². The van der Waals surface area contributed by atoms with Gasteiger partial charge in [0.15, 0.2) is 0 Å². The quantitative estimate of drug-likeness (QED) is 0.845. The Kier molecular flexibility index (Phi) is 4.04. The van der Waals surface area contributed by atoms with Crippen molar-refractivity contribution in [3.05, 3.63) is 17.0 Å². The van der Waals surface area contributed by atoms with Gasteiger partial charge in [-0.05, 0) is 39.7 Å². The lowest BCUT2D eigenvalue weighted by molar-refractivity contribution is -0.133. The van der Waals surface area contributed by atoms with E-state index in [0.717, 1.165) is 49.6 Å². The number of carbonyl (C=O) groups is 1. The van der Waals surface area contributed by atoms with Crippen molar-refractivity contribution in [3.63, 3.8) is 0 Å². The molecular formula is C16H25N5O. The number of aryl methyl sites for hydroxylation is 2. The third-order valence-corrected chi connectivity index (χ3v) is 5.11. The fraction of sp³-hybridized carbons (Fsp3) is 0.688. The second-order valence-corrected chi connectivity index (χ2v) is 6.75. The monoisotopic (exact) mass is 303 g/mol. The predicted molar refractivity (Wildman–Crippen MR) is 85.4 cm³/mol. The first-order valence-electron chi connectivity index (χ1n) is 8.07. The molecule has 2 aliphatic heterocycles. The van der Waals surface area contributed by atoms with E-state index < -0.39 is 0 Å². The van der Waals surface area contributed by atoms with Crippen LogP contribution in [0.4, 0.5) is 5.95 Å². The lowest BCUT2D eigenvalue weighted by atomic mass is 9.79. The number of piperidine rings is 1. The molecule has 1 spiro atoms. The Labute approximate surface area is 131 Å². The average molecular weight is 303 g/mol. The van der Waals surface area contributed by atoms with Gasteiger partial charge in [0.1, 0.15) is 0 Å².